The summed E-state index contributed by atoms with van der Waals surface area (Å²) in [6.07, 6.45) is 2.11. The third-order valence-corrected chi connectivity index (χ3v) is 7.42. The smallest absolute Gasteiger partial charge is 0.244 e. The third-order valence-electron chi connectivity index (χ3n) is 5.79. The summed E-state index contributed by atoms with van der Waals surface area (Å²) in [7, 11) is -3.77. The average molecular weight is 587 g/mol. The van der Waals surface area contributed by atoms with Gasteiger partial charge in [0.25, 0.3) is 0 Å². The van der Waals surface area contributed by atoms with Crippen LogP contribution in [0.3, 0.4) is 0 Å². The highest BCUT2D eigenvalue weighted by atomic mass is 79.9. The molecule has 1 atom stereocenters. The summed E-state index contributed by atoms with van der Waals surface area (Å²) < 4.78 is 27.3. The second kappa shape index (κ2) is 13.4. The SMILES string of the molecule is CCCNC(=O)[C@H](Cc1ccccc1)N(Cc1cccc(Br)c1)C(=O)CN(c1ccccc1)S(C)(=O)=O. The highest BCUT2D eigenvalue weighted by Gasteiger charge is 2.32. The lowest BCUT2D eigenvalue weighted by atomic mass is 10.0. The van der Waals surface area contributed by atoms with Gasteiger partial charge in [0.15, 0.2) is 0 Å². The molecule has 0 unspecified atom stereocenters. The van der Waals surface area contributed by atoms with Crippen molar-refractivity contribution in [2.75, 3.05) is 23.7 Å². The number of nitrogens with zero attached hydrogens (tertiary/aromatic N) is 2. The van der Waals surface area contributed by atoms with Crippen LogP contribution >= 0.6 is 15.9 Å². The molecular weight excluding hydrogens is 554 g/mol. The van der Waals surface area contributed by atoms with Crippen LogP contribution in [0.1, 0.15) is 24.5 Å². The number of benzene rings is 3. The van der Waals surface area contributed by atoms with Crippen molar-refractivity contribution in [3.63, 3.8) is 0 Å². The third kappa shape index (κ3) is 8.43. The van der Waals surface area contributed by atoms with Crippen LogP contribution in [0.15, 0.2) is 89.4 Å². The Morgan fingerprint density at radius 2 is 1.54 bits per heavy atom. The number of sulfonamides is 1. The molecule has 0 aromatic heterocycles. The Bertz CT molecular complexity index is 1290. The zero-order valence-corrected chi connectivity index (χ0v) is 23.4. The van der Waals surface area contributed by atoms with Gasteiger partial charge >= 0.3 is 0 Å². The Hall–Kier alpha value is -3.17. The minimum Gasteiger partial charge on any atom is -0.354 e. The van der Waals surface area contributed by atoms with Gasteiger partial charge < -0.3 is 10.2 Å². The monoisotopic (exact) mass is 585 g/mol. The molecule has 0 aliphatic rings. The van der Waals surface area contributed by atoms with E-state index >= 15 is 0 Å². The van der Waals surface area contributed by atoms with E-state index in [1.807, 2.05) is 61.5 Å². The maximum absolute atomic E-state index is 13.9. The molecule has 2 amide bonds. The quantitative estimate of drug-likeness (QED) is 0.342. The molecule has 0 heterocycles. The minimum absolute atomic E-state index is 0.141. The normalized spacial score (nSPS) is 12.0. The molecule has 0 radical (unpaired) electrons. The summed E-state index contributed by atoms with van der Waals surface area (Å²) in [4.78, 5) is 28.8. The zero-order chi connectivity index (χ0) is 26.8. The predicted molar refractivity (Wildman–Crippen MR) is 151 cm³/mol. The summed E-state index contributed by atoms with van der Waals surface area (Å²) in [6.45, 7) is 2.15. The highest BCUT2D eigenvalue weighted by Crippen LogP contribution is 2.21. The number of nitrogens with one attached hydrogen (secondary N) is 1. The molecule has 3 aromatic rings. The second-order valence-electron chi connectivity index (χ2n) is 8.75. The van der Waals surface area contributed by atoms with Crippen molar-refractivity contribution in [1.82, 2.24) is 10.2 Å². The topological polar surface area (TPSA) is 86.8 Å². The van der Waals surface area contributed by atoms with Crippen molar-refractivity contribution >= 4 is 43.5 Å². The van der Waals surface area contributed by atoms with Gasteiger partial charge in [0, 0.05) is 24.0 Å². The van der Waals surface area contributed by atoms with Crippen LogP contribution in [0, 0.1) is 0 Å². The number of amides is 2. The van der Waals surface area contributed by atoms with E-state index in [0.29, 0.717) is 18.7 Å². The van der Waals surface area contributed by atoms with Gasteiger partial charge in [0.05, 0.1) is 11.9 Å². The maximum Gasteiger partial charge on any atom is 0.244 e. The standard InChI is InChI=1S/C28H32BrN3O4S/c1-3-17-30-28(34)26(19-22-11-6-4-7-12-22)31(20-23-13-10-14-24(29)18-23)27(33)21-32(37(2,35)36)25-15-8-5-9-16-25/h4-16,18,26H,3,17,19-21H2,1-2H3,(H,30,34)/t26-/m0/s1. The van der Waals surface area contributed by atoms with E-state index in [-0.39, 0.29) is 12.5 Å². The van der Waals surface area contributed by atoms with E-state index < -0.39 is 28.5 Å². The van der Waals surface area contributed by atoms with Gasteiger partial charge in [-0.3, -0.25) is 13.9 Å². The largest absolute Gasteiger partial charge is 0.354 e. The molecule has 3 aromatic carbocycles. The van der Waals surface area contributed by atoms with E-state index in [1.165, 1.54) is 4.90 Å². The Kier molecular flexibility index (Phi) is 10.3. The van der Waals surface area contributed by atoms with E-state index in [0.717, 1.165) is 32.6 Å². The van der Waals surface area contributed by atoms with Gasteiger partial charge in [-0.05, 0) is 41.8 Å². The van der Waals surface area contributed by atoms with Gasteiger partial charge in [0.2, 0.25) is 21.8 Å². The van der Waals surface area contributed by atoms with E-state index in [4.69, 9.17) is 0 Å². The van der Waals surface area contributed by atoms with Gasteiger partial charge in [-0.1, -0.05) is 83.5 Å². The molecule has 0 spiro atoms. The Labute approximate surface area is 227 Å². The molecule has 3 rings (SSSR count). The van der Waals surface area contributed by atoms with Gasteiger partial charge in [0.1, 0.15) is 12.6 Å². The van der Waals surface area contributed by atoms with Crippen molar-refractivity contribution in [3.05, 3.63) is 101 Å². The molecular formula is C28H32BrN3O4S. The number of para-hydroxylation sites is 1. The minimum atomic E-state index is -3.77. The first kappa shape index (κ1) is 28.4. The molecule has 37 heavy (non-hydrogen) atoms. The molecule has 0 fully saturated rings. The van der Waals surface area contributed by atoms with Crippen molar-refractivity contribution in [1.29, 1.82) is 0 Å². The fourth-order valence-corrected chi connectivity index (χ4v) is 5.26. The van der Waals surface area contributed by atoms with Crippen molar-refractivity contribution in [3.8, 4) is 0 Å². The molecule has 0 bridgehead atoms. The lowest BCUT2D eigenvalue weighted by molar-refractivity contribution is -0.140. The average Bonchev–Trinajstić information content (AvgIpc) is 2.88. The molecule has 7 nitrogen and oxygen atoms in total. The van der Waals surface area contributed by atoms with Crippen LogP contribution in [0.5, 0.6) is 0 Å². The maximum atomic E-state index is 13.9. The van der Waals surface area contributed by atoms with Crippen LogP contribution in [-0.2, 0) is 32.6 Å². The molecule has 0 aliphatic heterocycles. The van der Waals surface area contributed by atoms with Gasteiger partial charge in [-0.15, -0.1) is 0 Å². The summed E-state index contributed by atoms with van der Waals surface area (Å²) >= 11 is 3.47. The zero-order valence-electron chi connectivity index (χ0n) is 21.0. The molecule has 9 heteroatoms. The molecule has 0 saturated heterocycles. The lowest BCUT2D eigenvalue weighted by Gasteiger charge is -2.33. The number of hydrogen-bond donors (Lipinski definition) is 1. The van der Waals surface area contributed by atoms with Crippen molar-refractivity contribution < 1.29 is 18.0 Å². The lowest BCUT2D eigenvalue weighted by Crippen LogP contribution is -2.53. The number of anilines is 1. The van der Waals surface area contributed by atoms with Crippen LogP contribution < -0.4 is 9.62 Å². The summed E-state index contributed by atoms with van der Waals surface area (Å²) in [5, 5.41) is 2.93. The molecule has 1 N–H and O–H groups in total. The number of carbonyl (C=O) groups excluding carboxylic acids is 2. The van der Waals surface area contributed by atoms with E-state index in [9.17, 15) is 18.0 Å². The first-order valence-electron chi connectivity index (χ1n) is 12.1. The van der Waals surface area contributed by atoms with Crippen LogP contribution in [0.4, 0.5) is 5.69 Å². The molecule has 196 valence electrons. The number of rotatable bonds is 12. The van der Waals surface area contributed by atoms with Crippen molar-refractivity contribution in [2.24, 2.45) is 0 Å². The number of carbonyl (C=O) groups is 2. The predicted octanol–water partition coefficient (Wildman–Crippen LogP) is 4.38. The first-order valence-corrected chi connectivity index (χ1v) is 14.7. The fourth-order valence-electron chi connectivity index (χ4n) is 3.96. The Morgan fingerprint density at radius 1 is 0.919 bits per heavy atom. The Balaban J connectivity index is 2.02. The van der Waals surface area contributed by atoms with Crippen molar-refractivity contribution in [2.45, 2.75) is 32.4 Å². The van der Waals surface area contributed by atoms with Crippen LogP contribution in [0.25, 0.3) is 0 Å². The van der Waals surface area contributed by atoms with Gasteiger partial charge in [-0.25, -0.2) is 8.42 Å². The number of hydrogen-bond acceptors (Lipinski definition) is 4. The fraction of sp³-hybridized carbons (Fsp3) is 0.286. The van der Waals surface area contributed by atoms with E-state index in [1.54, 1.807) is 30.3 Å². The summed E-state index contributed by atoms with van der Waals surface area (Å²) in [5.41, 5.74) is 2.10. The van der Waals surface area contributed by atoms with Crippen LogP contribution in [0.2, 0.25) is 0 Å². The summed E-state index contributed by atoms with van der Waals surface area (Å²) in [5.74, 6) is -0.749. The Morgan fingerprint density at radius 3 is 2.14 bits per heavy atom. The number of halogens is 1. The van der Waals surface area contributed by atoms with Crippen LogP contribution in [-0.4, -0.2) is 50.5 Å². The second-order valence-corrected chi connectivity index (χ2v) is 11.6. The first-order chi connectivity index (χ1) is 17.7. The summed E-state index contributed by atoms with van der Waals surface area (Å²) in [6, 6.07) is 24.6. The highest BCUT2D eigenvalue weighted by molar-refractivity contribution is 9.10. The molecule has 0 saturated carbocycles. The molecule has 0 aliphatic carbocycles. The van der Waals surface area contributed by atoms with Gasteiger partial charge in [-0.2, -0.15) is 0 Å². The van der Waals surface area contributed by atoms with E-state index in [2.05, 4.69) is 21.2 Å².